The first-order valence-corrected chi connectivity index (χ1v) is 6.07. The summed E-state index contributed by atoms with van der Waals surface area (Å²) in [4.78, 5) is 23.2. The lowest BCUT2D eigenvalue weighted by atomic mass is 10.1. The molecule has 0 aliphatic carbocycles. The van der Waals surface area contributed by atoms with Gasteiger partial charge in [-0.2, -0.15) is 0 Å². The number of carboxylic acid groups (broad SMARTS) is 1. The van der Waals surface area contributed by atoms with Gasteiger partial charge in [-0.05, 0) is 12.5 Å². The molecule has 1 atom stereocenters. The van der Waals surface area contributed by atoms with E-state index >= 15 is 0 Å². The van der Waals surface area contributed by atoms with Gasteiger partial charge in [0.15, 0.2) is 0 Å². The molecule has 2 N–H and O–H groups in total. The molecule has 0 spiro atoms. The zero-order chi connectivity index (χ0) is 14.5. The van der Waals surface area contributed by atoms with E-state index in [1.165, 1.54) is 6.20 Å². The number of hydrogen-bond donors (Lipinski definition) is 2. The summed E-state index contributed by atoms with van der Waals surface area (Å²) < 4.78 is 4.79. The summed E-state index contributed by atoms with van der Waals surface area (Å²) in [7, 11) is 0. The average Bonchev–Trinajstić information content (AvgIpc) is 2.85. The van der Waals surface area contributed by atoms with Crippen molar-refractivity contribution in [2.24, 2.45) is 0 Å². The summed E-state index contributed by atoms with van der Waals surface area (Å²) in [6, 6.07) is 8.11. The van der Waals surface area contributed by atoms with Gasteiger partial charge in [0.1, 0.15) is 17.4 Å². The Labute approximate surface area is 115 Å². The number of amides is 1. The van der Waals surface area contributed by atoms with Crippen LogP contribution in [0.1, 0.15) is 21.7 Å². The molecule has 6 heteroatoms. The van der Waals surface area contributed by atoms with Crippen LogP contribution in [0.25, 0.3) is 0 Å². The van der Waals surface area contributed by atoms with Gasteiger partial charge in [-0.1, -0.05) is 35.5 Å². The molecule has 0 aliphatic rings. The van der Waals surface area contributed by atoms with Crippen molar-refractivity contribution < 1.29 is 19.2 Å². The molecular formula is C14H14N2O4. The zero-order valence-electron chi connectivity index (χ0n) is 10.9. The molecule has 1 unspecified atom stereocenters. The van der Waals surface area contributed by atoms with Gasteiger partial charge in [-0.15, -0.1) is 0 Å². The number of aliphatic carboxylic acids is 1. The van der Waals surface area contributed by atoms with E-state index in [9.17, 15) is 14.7 Å². The Morgan fingerprint density at radius 1 is 1.35 bits per heavy atom. The molecule has 2 rings (SSSR count). The third-order valence-electron chi connectivity index (χ3n) is 2.88. The Balaban J connectivity index is 2.09. The Hall–Kier alpha value is -2.63. The summed E-state index contributed by atoms with van der Waals surface area (Å²) in [5, 5.41) is 15.2. The topological polar surface area (TPSA) is 92.4 Å². The molecule has 104 valence electrons. The van der Waals surface area contributed by atoms with Crippen LogP contribution in [-0.4, -0.2) is 28.2 Å². The lowest BCUT2D eigenvalue weighted by Gasteiger charge is -2.14. The number of nitrogens with zero attached hydrogens (tertiary/aromatic N) is 1. The second-order valence-electron chi connectivity index (χ2n) is 4.35. The van der Waals surface area contributed by atoms with Crippen molar-refractivity contribution in [3.63, 3.8) is 0 Å². The summed E-state index contributed by atoms with van der Waals surface area (Å²) in [6.45, 7) is 1.59. The largest absolute Gasteiger partial charge is 0.480 e. The van der Waals surface area contributed by atoms with E-state index in [4.69, 9.17) is 4.52 Å². The lowest BCUT2D eigenvalue weighted by molar-refractivity contribution is -0.139. The highest BCUT2D eigenvalue weighted by molar-refractivity contribution is 5.97. The third-order valence-corrected chi connectivity index (χ3v) is 2.88. The van der Waals surface area contributed by atoms with E-state index in [1.807, 2.05) is 30.3 Å². The Morgan fingerprint density at radius 3 is 2.60 bits per heavy atom. The fourth-order valence-corrected chi connectivity index (χ4v) is 1.80. The minimum atomic E-state index is -1.09. The first kappa shape index (κ1) is 13.8. The number of benzene rings is 1. The maximum absolute atomic E-state index is 12.0. The molecule has 0 bridgehead atoms. The van der Waals surface area contributed by atoms with Crippen molar-refractivity contribution in [3.8, 4) is 0 Å². The van der Waals surface area contributed by atoms with Crippen LogP contribution in [0.15, 0.2) is 41.1 Å². The predicted octanol–water partition coefficient (Wildman–Crippen LogP) is 1.41. The number of aromatic nitrogens is 1. The molecule has 1 aromatic heterocycles. The molecular weight excluding hydrogens is 260 g/mol. The van der Waals surface area contributed by atoms with Gasteiger partial charge < -0.3 is 14.9 Å². The van der Waals surface area contributed by atoms with Gasteiger partial charge in [-0.25, -0.2) is 4.79 Å². The van der Waals surface area contributed by atoms with Crippen molar-refractivity contribution in [3.05, 3.63) is 53.4 Å². The van der Waals surface area contributed by atoms with E-state index in [0.717, 1.165) is 5.56 Å². The molecule has 1 heterocycles. The fraction of sp³-hybridized carbons (Fsp3) is 0.214. The second-order valence-corrected chi connectivity index (χ2v) is 4.35. The Bertz CT molecular complexity index is 607. The lowest BCUT2D eigenvalue weighted by Crippen LogP contribution is -2.42. The van der Waals surface area contributed by atoms with Crippen molar-refractivity contribution in [1.82, 2.24) is 10.5 Å². The average molecular weight is 274 g/mol. The number of carboxylic acids is 1. The standard InChI is InChI=1S/C14H14N2O4/c1-9-11(8-15-20-9)13(17)16-12(14(18)19)7-10-5-3-2-4-6-10/h2-6,8,12H,7H2,1H3,(H,16,17)(H,18,19). The smallest absolute Gasteiger partial charge is 0.326 e. The molecule has 1 amide bonds. The first-order chi connectivity index (χ1) is 9.58. The Morgan fingerprint density at radius 2 is 2.05 bits per heavy atom. The normalized spacial score (nSPS) is 11.8. The van der Waals surface area contributed by atoms with Crippen LogP contribution in [0.3, 0.4) is 0 Å². The number of nitrogens with one attached hydrogen (secondary N) is 1. The fourth-order valence-electron chi connectivity index (χ4n) is 1.80. The number of carbonyl (C=O) groups is 2. The van der Waals surface area contributed by atoms with Crippen molar-refractivity contribution >= 4 is 11.9 Å². The highest BCUT2D eigenvalue weighted by Crippen LogP contribution is 2.08. The highest BCUT2D eigenvalue weighted by Gasteiger charge is 2.23. The summed E-state index contributed by atoms with van der Waals surface area (Å²) in [5.41, 5.74) is 1.08. The molecule has 0 fully saturated rings. The van der Waals surface area contributed by atoms with E-state index in [1.54, 1.807) is 6.92 Å². The maximum atomic E-state index is 12.0. The number of hydrogen-bond acceptors (Lipinski definition) is 4. The molecule has 0 saturated carbocycles. The first-order valence-electron chi connectivity index (χ1n) is 6.07. The Kier molecular flexibility index (Phi) is 4.14. The number of aryl methyl sites for hydroxylation is 1. The van der Waals surface area contributed by atoms with Crippen LogP contribution in [0.4, 0.5) is 0 Å². The van der Waals surface area contributed by atoms with Crippen molar-refractivity contribution in [2.75, 3.05) is 0 Å². The zero-order valence-corrected chi connectivity index (χ0v) is 10.9. The quantitative estimate of drug-likeness (QED) is 0.860. The van der Waals surface area contributed by atoms with Crippen LogP contribution < -0.4 is 5.32 Å². The van der Waals surface area contributed by atoms with Gasteiger partial charge in [0.05, 0.1) is 6.20 Å². The molecule has 0 saturated heterocycles. The number of rotatable bonds is 5. The van der Waals surface area contributed by atoms with Gasteiger partial charge in [0.25, 0.3) is 5.91 Å². The third kappa shape index (κ3) is 3.23. The highest BCUT2D eigenvalue weighted by atomic mass is 16.5. The summed E-state index contributed by atoms with van der Waals surface area (Å²) in [5.74, 6) is -1.24. The summed E-state index contributed by atoms with van der Waals surface area (Å²) >= 11 is 0. The minimum Gasteiger partial charge on any atom is -0.480 e. The molecule has 0 aliphatic heterocycles. The van der Waals surface area contributed by atoms with E-state index in [2.05, 4.69) is 10.5 Å². The van der Waals surface area contributed by atoms with E-state index in [-0.39, 0.29) is 12.0 Å². The minimum absolute atomic E-state index is 0.215. The van der Waals surface area contributed by atoms with E-state index < -0.39 is 17.9 Å². The molecule has 20 heavy (non-hydrogen) atoms. The SMILES string of the molecule is Cc1oncc1C(=O)NC(Cc1ccccc1)C(=O)O. The second kappa shape index (κ2) is 6.01. The van der Waals surface area contributed by atoms with Crippen LogP contribution >= 0.6 is 0 Å². The van der Waals surface area contributed by atoms with Gasteiger partial charge >= 0.3 is 5.97 Å². The van der Waals surface area contributed by atoms with Crippen molar-refractivity contribution in [2.45, 2.75) is 19.4 Å². The monoisotopic (exact) mass is 274 g/mol. The van der Waals surface area contributed by atoms with Crippen LogP contribution in [0, 0.1) is 6.92 Å². The van der Waals surface area contributed by atoms with Crippen LogP contribution in [0.5, 0.6) is 0 Å². The molecule has 0 radical (unpaired) electrons. The van der Waals surface area contributed by atoms with Gasteiger partial charge in [0.2, 0.25) is 0 Å². The van der Waals surface area contributed by atoms with E-state index in [0.29, 0.717) is 5.76 Å². The van der Waals surface area contributed by atoms with Gasteiger partial charge in [0, 0.05) is 6.42 Å². The summed E-state index contributed by atoms with van der Waals surface area (Å²) in [6.07, 6.45) is 1.48. The maximum Gasteiger partial charge on any atom is 0.326 e. The molecule has 1 aromatic carbocycles. The predicted molar refractivity (Wildman–Crippen MR) is 70.3 cm³/mol. The molecule has 2 aromatic rings. The van der Waals surface area contributed by atoms with Crippen molar-refractivity contribution in [1.29, 1.82) is 0 Å². The van der Waals surface area contributed by atoms with Crippen LogP contribution in [0.2, 0.25) is 0 Å². The molecule has 6 nitrogen and oxygen atoms in total. The van der Waals surface area contributed by atoms with Crippen LogP contribution in [-0.2, 0) is 11.2 Å². The number of carbonyl (C=O) groups excluding carboxylic acids is 1. The van der Waals surface area contributed by atoms with Gasteiger partial charge in [-0.3, -0.25) is 4.79 Å².